The third kappa shape index (κ3) is 4.08. The van der Waals surface area contributed by atoms with Crippen LogP contribution in [-0.4, -0.2) is 55.9 Å². The number of nitrogens with zero attached hydrogens (tertiary/aromatic N) is 4. The van der Waals surface area contributed by atoms with Crippen LogP contribution in [0, 0.1) is 12.3 Å². The van der Waals surface area contributed by atoms with Crippen molar-refractivity contribution in [3.63, 3.8) is 0 Å². The van der Waals surface area contributed by atoms with Crippen LogP contribution < -0.4 is 10.8 Å². The smallest absolute Gasteiger partial charge is 0.406 e. The van der Waals surface area contributed by atoms with Crippen LogP contribution in [0.1, 0.15) is 33.4 Å². The molecule has 0 aromatic carbocycles. The number of carbonyl (C=O) groups excluding carboxylic acids is 1. The van der Waals surface area contributed by atoms with E-state index in [2.05, 4.69) is 26.0 Å². The molecule has 0 radical (unpaired) electrons. The van der Waals surface area contributed by atoms with Gasteiger partial charge in [0.1, 0.15) is 30.5 Å². The summed E-state index contributed by atoms with van der Waals surface area (Å²) in [5, 5.41) is 2.54. The molecular weight excluding hydrogens is 463 g/mol. The maximum atomic E-state index is 13.2. The van der Waals surface area contributed by atoms with Gasteiger partial charge in [0.2, 0.25) is 5.28 Å². The van der Waals surface area contributed by atoms with Crippen LogP contribution in [0.2, 0.25) is 5.28 Å². The lowest BCUT2D eigenvalue weighted by Gasteiger charge is -2.37. The van der Waals surface area contributed by atoms with E-state index in [-0.39, 0.29) is 30.2 Å². The third-order valence-electron chi connectivity index (χ3n) is 5.03. The molecule has 3 N–H and O–H groups in total. The van der Waals surface area contributed by atoms with E-state index in [1.807, 2.05) is 0 Å². The number of aromatic nitrogens is 4. The number of halogens is 1. The minimum atomic E-state index is -3.88. The highest BCUT2D eigenvalue weighted by Gasteiger charge is 2.57. The van der Waals surface area contributed by atoms with E-state index in [1.165, 1.54) is 13.3 Å². The molecule has 2 saturated heterocycles. The van der Waals surface area contributed by atoms with Crippen molar-refractivity contribution in [3.8, 4) is 12.3 Å². The van der Waals surface area contributed by atoms with E-state index >= 15 is 0 Å². The Morgan fingerprint density at radius 3 is 2.94 bits per heavy atom. The highest BCUT2D eigenvalue weighted by Crippen LogP contribution is 2.56. The fraction of sp³-hybridized carbons (Fsp3) is 0.556. The molecule has 0 amide bonds. The maximum Gasteiger partial charge on any atom is 0.406 e. The van der Waals surface area contributed by atoms with Gasteiger partial charge in [-0.15, -0.1) is 6.42 Å². The van der Waals surface area contributed by atoms with E-state index in [1.54, 1.807) is 18.4 Å². The normalized spacial score (nSPS) is 30.8. The lowest BCUT2D eigenvalue weighted by Crippen LogP contribution is -2.49. The molecule has 5 atom stereocenters. The molecule has 32 heavy (non-hydrogen) atoms. The first-order valence-corrected chi connectivity index (χ1v) is 11.7. The summed E-state index contributed by atoms with van der Waals surface area (Å²) in [4.78, 5) is 24.3. The largest absolute Gasteiger partial charge is 0.462 e. The van der Waals surface area contributed by atoms with Gasteiger partial charge in [0.05, 0.1) is 12.4 Å². The van der Waals surface area contributed by atoms with E-state index in [0.717, 1.165) is 0 Å². The number of terminal acetylenes is 1. The number of rotatable bonds is 5. The molecule has 2 aliphatic heterocycles. The van der Waals surface area contributed by atoms with E-state index in [0.29, 0.717) is 11.2 Å². The molecule has 2 aromatic heterocycles. The quantitative estimate of drug-likeness (QED) is 0.276. The van der Waals surface area contributed by atoms with Gasteiger partial charge in [-0.3, -0.25) is 18.4 Å². The molecular formula is C18H22ClN6O6P. The Bertz CT molecular complexity index is 1150. The lowest BCUT2D eigenvalue weighted by atomic mass is 9.99. The van der Waals surface area contributed by atoms with Gasteiger partial charge in [0.15, 0.2) is 17.1 Å². The van der Waals surface area contributed by atoms with E-state index < -0.39 is 37.7 Å². The molecule has 0 saturated carbocycles. The number of carbonyl (C=O) groups is 1. The van der Waals surface area contributed by atoms with Crippen LogP contribution in [0.5, 0.6) is 0 Å². The van der Waals surface area contributed by atoms with Crippen LogP contribution in [0.4, 0.5) is 5.82 Å². The Balaban J connectivity index is 1.56. The molecule has 0 spiro atoms. The summed E-state index contributed by atoms with van der Waals surface area (Å²) < 4.78 is 37.2. The van der Waals surface area contributed by atoms with Gasteiger partial charge < -0.3 is 15.2 Å². The molecule has 4 heterocycles. The zero-order chi connectivity index (χ0) is 23.3. The second-order valence-corrected chi connectivity index (χ2v) is 9.81. The third-order valence-corrected chi connectivity index (χ3v) is 6.90. The van der Waals surface area contributed by atoms with Gasteiger partial charge in [0, 0.05) is 6.42 Å². The molecule has 1 unspecified atom stereocenters. The molecule has 2 aromatic rings. The first kappa shape index (κ1) is 22.9. The molecule has 2 aliphatic rings. The Morgan fingerprint density at radius 2 is 2.25 bits per heavy atom. The van der Waals surface area contributed by atoms with Crippen LogP contribution in [0.3, 0.4) is 0 Å². The number of imidazole rings is 1. The summed E-state index contributed by atoms with van der Waals surface area (Å²) in [6.45, 7) is 4.71. The number of nitrogen functional groups attached to an aromatic ring is 1. The van der Waals surface area contributed by atoms with E-state index in [9.17, 15) is 9.36 Å². The number of hydrogen-bond donors (Lipinski definition) is 2. The summed E-state index contributed by atoms with van der Waals surface area (Å²) in [7, 11) is -3.88. The summed E-state index contributed by atoms with van der Waals surface area (Å²) in [6.07, 6.45) is 5.62. The Labute approximate surface area is 188 Å². The average Bonchev–Trinajstić information content (AvgIpc) is 3.28. The number of nitrogens with one attached hydrogen (secondary N) is 1. The molecule has 0 bridgehead atoms. The van der Waals surface area contributed by atoms with Gasteiger partial charge in [-0.05, 0) is 32.4 Å². The monoisotopic (exact) mass is 484 g/mol. The molecule has 0 aliphatic carbocycles. The summed E-state index contributed by atoms with van der Waals surface area (Å²) in [5.41, 5.74) is 5.26. The number of anilines is 1. The minimum Gasteiger partial charge on any atom is -0.462 e. The SMILES string of the molecule is C#C[C@@]12COP(=O)(N[C@@H](C)C(=O)OC(C)C)O[C@H]1C[C@H](n1cnc3c(N)nc(Cl)nc31)O2. The number of fused-ring (bicyclic) bond motifs is 2. The molecule has 4 rings (SSSR count). The predicted octanol–water partition coefficient (Wildman–Crippen LogP) is 1.81. The number of ether oxygens (including phenoxy) is 2. The highest BCUT2D eigenvalue weighted by atomic mass is 35.5. The number of esters is 1. The highest BCUT2D eigenvalue weighted by molar-refractivity contribution is 7.51. The number of nitrogens with two attached hydrogens (primary N) is 1. The Kier molecular flexibility index (Phi) is 5.92. The van der Waals surface area contributed by atoms with Crippen molar-refractivity contribution >= 4 is 42.3 Å². The predicted molar refractivity (Wildman–Crippen MR) is 113 cm³/mol. The van der Waals surface area contributed by atoms with Crippen LogP contribution in [-0.2, 0) is 27.9 Å². The first-order chi connectivity index (χ1) is 15.1. The van der Waals surface area contributed by atoms with Crippen molar-refractivity contribution in [2.45, 2.75) is 57.3 Å². The van der Waals surface area contributed by atoms with Crippen LogP contribution in [0.15, 0.2) is 6.33 Å². The molecule has 12 nitrogen and oxygen atoms in total. The van der Waals surface area contributed by atoms with Crippen molar-refractivity contribution in [2.75, 3.05) is 12.3 Å². The first-order valence-electron chi connectivity index (χ1n) is 9.78. The zero-order valence-corrected chi connectivity index (χ0v) is 19.2. The van der Waals surface area contributed by atoms with Gasteiger partial charge in [-0.2, -0.15) is 9.97 Å². The minimum absolute atomic E-state index is 0.0469. The standard InChI is InChI=1S/C18H22ClN6O6P/c1-5-18-7-28-32(27,24-10(4)16(26)29-9(2)3)31-11(18)6-12(30-18)25-8-21-13-14(20)22-17(19)23-15(13)25/h1,8-12H,6-7H2,2-4H3,(H,24,27)(H2,20,22,23)/t10-,11-,12+,18+,32?/m0/s1. The molecule has 14 heteroatoms. The fourth-order valence-corrected chi connectivity index (χ4v) is 5.43. The second-order valence-electron chi connectivity index (χ2n) is 7.75. The van der Waals surface area contributed by atoms with Crippen molar-refractivity contribution in [1.29, 1.82) is 0 Å². The Hall–Kier alpha value is -2.26. The van der Waals surface area contributed by atoms with Crippen LogP contribution in [0.25, 0.3) is 11.2 Å². The molecule has 2 fully saturated rings. The fourth-order valence-electron chi connectivity index (χ4n) is 3.53. The summed E-state index contributed by atoms with van der Waals surface area (Å²) in [6, 6.07) is -0.931. The van der Waals surface area contributed by atoms with Gasteiger partial charge in [-0.25, -0.2) is 14.6 Å². The maximum absolute atomic E-state index is 13.2. The lowest BCUT2D eigenvalue weighted by molar-refractivity contribution is -0.149. The van der Waals surface area contributed by atoms with Crippen LogP contribution >= 0.6 is 19.3 Å². The van der Waals surface area contributed by atoms with Crippen molar-refractivity contribution < 1.29 is 27.9 Å². The molecule has 172 valence electrons. The van der Waals surface area contributed by atoms with Gasteiger partial charge >= 0.3 is 13.7 Å². The Morgan fingerprint density at radius 1 is 1.50 bits per heavy atom. The summed E-state index contributed by atoms with van der Waals surface area (Å²) >= 11 is 5.93. The van der Waals surface area contributed by atoms with Crippen molar-refractivity contribution in [2.24, 2.45) is 0 Å². The van der Waals surface area contributed by atoms with Gasteiger partial charge in [0.25, 0.3) is 0 Å². The van der Waals surface area contributed by atoms with Crippen molar-refractivity contribution in [1.82, 2.24) is 24.6 Å². The average molecular weight is 485 g/mol. The summed E-state index contributed by atoms with van der Waals surface area (Å²) in [5.74, 6) is 2.09. The zero-order valence-electron chi connectivity index (χ0n) is 17.5. The van der Waals surface area contributed by atoms with Gasteiger partial charge in [-0.1, -0.05) is 5.92 Å². The van der Waals surface area contributed by atoms with Crippen molar-refractivity contribution in [3.05, 3.63) is 11.6 Å². The van der Waals surface area contributed by atoms with E-state index in [4.69, 9.17) is 42.3 Å². The number of hydrogen-bond acceptors (Lipinski definition) is 10. The second kappa shape index (κ2) is 8.26. The topological polar surface area (TPSA) is 153 Å².